The van der Waals surface area contributed by atoms with Gasteiger partial charge in [-0.1, -0.05) is 31.4 Å². The van der Waals surface area contributed by atoms with Gasteiger partial charge in [0.1, 0.15) is 0 Å². The third kappa shape index (κ3) is 3.31. The van der Waals surface area contributed by atoms with Crippen molar-refractivity contribution in [2.75, 3.05) is 23.7 Å². The first-order valence-corrected chi connectivity index (χ1v) is 8.16. The normalized spacial score (nSPS) is 18.6. The predicted molar refractivity (Wildman–Crippen MR) is 86.4 cm³/mol. The SMILES string of the molecule is Nc1cccc2c1N(CCC(=O)NC1CCCCC1)CC2. The average molecular weight is 287 g/mol. The molecule has 2 aliphatic rings. The van der Waals surface area contributed by atoms with Crippen molar-refractivity contribution in [3.8, 4) is 0 Å². The van der Waals surface area contributed by atoms with E-state index in [-0.39, 0.29) is 5.91 Å². The molecule has 1 aromatic carbocycles. The molecule has 3 rings (SSSR count). The summed E-state index contributed by atoms with van der Waals surface area (Å²) in [7, 11) is 0. The molecule has 21 heavy (non-hydrogen) atoms. The van der Waals surface area contributed by atoms with Gasteiger partial charge in [0.05, 0.1) is 11.4 Å². The van der Waals surface area contributed by atoms with Crippen LogP contribution in [0.5, 0.6) is 0 Å². The van der Waals surface area contributed by atoms with Crippen LogP contribution in [-0.4, -0.2) is 25.0 Å². The van der Waals surface area contributed by atoms with Gasteiger partial charge in [-0.05, 0) is 30.9 Å². The van der Waals surface area contributed by atoms with Crippen molar-refractivity contribution in [3.05, 3.63) is 23.8 Å². The van der Waals surface area contributed by atoms with Crippen LogP contribution in [0.4, 0.5) is 11.4 Å². The number of amides is 1. The Kier molecular flexibility index (Phi) is 4.32. The summed E-state index contributed by atoms with van der Waals surface area (Å²) in [6.45, 7) is 1.74. The highest BCUT2D eigenvalue weighted by molar-refractivity contribution is 5.78. The van der Waals surface area contributed by atoms with E-state index in [2.05, 4.69) is 16.3 Å². The van der Waals surface area contributed by atoms with Gasteiger partial charge < -0.3 is 16.0 Å². The zero-order valence-electron chi connectivity index (χ0n) is 12.6. The van der Waals surface area contributed by atoms with Gasteiger partial charge in [0.2, 0.25) is 5.91 Å². The van der Waals surface area contributed by atoms with E-state index in [0.29, 0.717) is 12.5 Å². The predicted octanol–water partition coefficient (Wildman–Crippen LogP) is 2.47. The van der Waals surface area contributed by atoms with E-state index in [1.54, 1.807) is 0 Å². The number of benzene rings is 1. The molecule has 1 heterocycles. The molecule has 0 saturated heterocycles. The molecule has 1 saturated carbocycles. The smallest absolute Gasteiger partial charge is 0.221 e. The van der Waals surface area contributed by atoms with Gasteiger partial charge in [-0.2, -0.15) is 0 Å². The monoisotopic (exact) mass is 287 g/mol. The number of fused-ring (bicyclic) bond motifs is 1. The summed E-state index contributed by atoms with van der Waals surface area (Å²) in [5.41, 5.74) is 9.36. The Labute approximate surface area is 126 Å². The first kappa shape index (κ1) is 14.2. The lowest BCUT2D eigenvalue weighted by atomic mass is 9.95. The van der Waals surface area contributed by atoms with Crippen LogP contribution in [-0.2, 0) is 11.2 Å². The van der Waals surface area contributed by atoms with Crippen LogP contribution in [0.2, 0.25) is 0 Å². The maximum atomic E-state index is 12.1. The molecule has 0 atom stereocenters. The second-order valence-corrected chi connectivity index (χ2v) is 6.24. The van der Waals surface area contributed by atoms with Crippen molar-refractivity contribution in [2.45, 2.75) is 51.0 Å². The van der Waals surface area contributed by atoms with Crippen molar-refractivity contribution >= 4 is 17.3 Å². The van der Waals surface area contributed by atoms with Crippen LogP contribution in [0, 0.1) is 0 Å². The van der Waals surface area contributed by atoms with Gasteiger partial charge >= 0.3 is 0 Å². The summed E-state index contributed by atoms with van der Waals surface area (Å²) in [6.07, 6.45) is 7.70. The first-order chi connectivity index (χ1) is 10.2. The molecule has 0 spiro atoms. The van der Waals surface area contributed by atoms with E-state index in [9.17, 15) is 4.79 Å². The van der Waals surface area contributed by atoms with Crippen LogP contribution < -0.4 is 16.0 Å². The van der Waals surface area contributed by atoms with E-state index < -0.39 is 0 Å². The molecule has 1 aliphatic carbocycles. The zero-order chi connectivity index (χ0) is 14.7. The Morgan fingerprint density at radius 3 is 2.90 bits per heavy atom. The number of hydrogen-bond donors (Lipinski definition) is 2. The van der Waals surface area contributed by atoms with E-state index in [1.165, 1.54) is 24.8 Å². The third-order valence-corrected chi connectivity index (χ3v) is 4.70. The molecule has 3 N–H and O–H groups in total. The van der Waals surface area contributed by atoms with Crippen molar-refractivity contribution < 1.29 is 4.79 Å². The van der Waals surface area contributed by atoms with Crippen LogP contribution in [0.1, 0.15) is 44.1 Å². The van der Waals surface area contributed by atoms with Gasteiger partial charge in [-0.15, -0.1) is 0 Å². The van der Waals surface area contributed by atoms with Crippen LogP contribution >= 0.6 is 0 Å². The van der Waals surface area contributed by atoms with Gasteiger partial charge in [0.25, 0.3) is 0 Å². The van der Waals surface area contributed by atoms with Crippen LogP contribution in [0.3, 0.4) is 0 Å². The first-order valence-electron chi connectivity index (χ1n) is 8.16. The number of nitrogens with zero attached hydrogens (tertiary/aromatic N) is 1. The van der Waals surface area contributed by atoms with Crippen molar-refractivity contribution in [2.24, 2.45) is 0 Å². The van der Waals surface area contributed by atoms with Crippen LogP contribution in [0.25, 0.3) is 0 Å². The molecule has 1 aliphatic heterocycles. The van der Waals surface area contributed by atoms with Crippen molar-refractivity contribution in [1.82, 2.24) is 5.32 Å². The van der Waals surface area contributed by atoms with Crippen molar-refractivity contribution in [3.63, 3.8) is 0 Å². The summed E-state index contributed by atoms with van der Waals surface area (Å²) in [6, 6.07) is 6.49. The molecule has 4 nitrogen and oxygen atoms in total. The number of hydrogen-bond acceptors (Lipinski definition) is 3. The molecule has 0 bridgehead atoms. The minimum absolute atomic E-state index is 0.185. The quantitative estimate of drug-likeness (QED) is 0.836. The number of carbonyl (C=O) groups excluding carboxylic acids is 1. The van der Waals surface area contributed by atoms with E-state index >= 15 is 0 Å². The lowest BCUT2D eigenvalue weighted by Crippen LogP contribution is -2.38. The molecular formula is C17H25N3O. The van der Waals surface area contributed by atoms with Crippen LogP contribution in [0.15, 0.2) is 18.2 Å². The molecular weight excluding hydrogens is 262 g/mol. The highest BCUT2D eigenvalue weighted by Crippen LogP contribution is 2.33. The topological polar surface area (TPSA) is 58.4 Å². The number of rotatable bonds is 4. The summed E-state index contributed by atoms with van der Waals surface area (Å²) >= 11 is 0. The number of carbonyl (C=O) groups is 1. The summed E-state index contributed by atoms with van der Waals surface area (Å²) in [4.78, 5) is 14.4. The van der Waals surface area contributed by atoms with E-state index in [4.69, 9.17) is 5.73 Å². The number of anilines is 2. The summed E-state index contributed by atoms with van der Waals surface area (Å²) in [5.74, 6) is 0.185. The van der Waals surface area contributed by atoms with Gasteiger partial charge in [-0.25, -0.2) is 0 Å². The standard InChI is InChI=1S/C17H25N3O/c18-15-8-4-5-13-9-11-20(17(13)15)12-10-16(21)19-14-6-2-1-3-7-14/h4-5,8,14H,1-3,6-7,9-12,18H2,(H,19,21). The minimum atomic E-state index is 0.185. The second kappa shape index (κ2) is 6.37. The number of para-hydroxylation sites is 1. The molecule has 0 aromatic heterocycles. The fourth-order valence-electron chi connectivity index (χ4n) is 3.57. The second-order valence-electron chi connectivity index (χ2n) is 6.24. The van der Waals surface area contributed by atoms with E-state index in [1.807, 2.05) is 12.1 Å². The third-order valence-electron chi connectivity index (χ3n) is 4.70. The molecule has 1 amide bonds. The fraction of sp³-hybridized carbons (Fsp3) is 0.588. The number of nitrogens with one attached hydrogen (secondary N) is 1. The largest absolute Gasteiger partial charge is 0.397 e. The lowest BCUT2D eigenvalue weighted by Gasteiger charge is -2.24. The lowest BCUT2D eigenvalue weighted by molar-refractivity contribution is -0.121. The number of nitrogen functional groups attached to an aromatic ring is 1. The summed E-state index contributed by atoms with van der Waals surface area (Å²) in [5, 5.41) is 3.18. The Balaban J connectivity index is 1.51. The van der Waals surface area contributed by atoms with Gasteiger partial charge in [0, 0.05) is 25.6 Å². The Morgan fingerprint density at radius 1 is 1.29 bits per heavy atom. The molecule has 1 fully saturated rings. The average Bonchev–Trinajstić information content (AvgIpc) is 2.91. The van der Waals surface area contributed by atoms with Gasteiger partial charge in [0.15, 0.2) is 0 Å². The Hall–Kier alpha value is -1.71. The maximum Gasteiger partial charge on any atom is 0.221 e. The fourth-order valence-corrected chi connectivity index (χ4v) is 3.57. The highest BCUT2D eigenvalue weighted by atomic mass is 16.1. The maximum absolute atomic E-state index is 12.1. The molecule has 114 valence electrons. The Bertz CT molecular complexity index is 509. The van der Waals surface area contributed by atoms with E-state index in [0.717, 1.165) is 43.7 Å². The molecule has 0 unspecified atom stereocenters. The van der Waals surface area contributed by atoms with Crippen molar-refractivity contribution in [1.29, 1.82) is 0 Å². The molecule has 4 heteroatoms. The van der Waals surface area contributed by atoms with Gasteiger partial charge in [-0.3, -0.25) is 4.79 Å². The minimum Gasteiger partial charge on any atom is -0.397 e. The number of nitrogens with two attached hydrogens (primary N) is 1. The Morgan fingerprint density at radius 2 is 2.10 bits per heavy atom. The highest BCUT2D eigenvalue weighted by Gasteiger charge is 2.22. The molecule has 0 radical (unpaired) electrons. The summed E-state index contributed by atoms with van der Waals surface area (Å²) < 4.78 is 0. The molecule has 1 aromatic rings. The zero-order valence-corrected chi connectivity index (χ0v) is 12.6.